The summed E-state index contributed by atoms with van der Waals surface area (Å²) in [6.45, 7) is 12.7. The first-order valence-electron chi connectivity index (χ1n) is 9.22. The fourth-order valence-electron chi connectivity index (χ4n) is 1.70. The summed E-state index contributed by atoms with van der Waals surface area (Å²) in [4.78, 5) is 8.23. The van der Waals surface area contributed by atoms with Crippen molar-refractivity contribution in [1.82, 2.24) is 0 Å². The molecule has 2 rings (SSSR count). The van der Waals surface area contributed by atoms with Gasteiger partial charge in [0.1, 0.15) is 15.7 Å². The van der Waals surface area contributed by atoms with Crippen LogP contribution in [0.5, 0.6) is 5.75 Å². The van der Waals surface area contributed by atoms with Crippen LogP contribution in [0.4, 0.5) is 5.69 Å². The number of aromatic hydroxyl groups is 1. The Balaban J connectivity index is 0.00000133. The van der Waals surface area contributed by atoms with Crippen LogP contribution in [0.2, 0.25) is 0 Å². The van der Waals surface area contributed by atoms with E-state index in [0.29, 0.717) is 21.6 Å². The molecule has 0 fully saturated rings. The van der Waals surface area contributed by atoms with Crippen molar-refractivity contribution in [1.29, 1.82) is 0 Å². The Morgan fingerprint density at radius 1 is 1.25 bits per heavy atom. The van der Waals surface area contributed by atoms with Crippen LogP contribution in [0.25, 0.3) is 0 Å². The minimum absolute atomic E-state index is 0.00846. The van der Waals surface area contributed by atoms with E-state index in [0.717, 1.165) is 17.5 Å². The molecule has 28 heavy (non-hydrogen) atoms. The third kappa shape index (κ3) is 8.37. The SMILES string of the molecule is CC.CC(C)c1coc(CN=C(N)C(N)=Nc2csc(SN)c2O)c1.CCC. The van der Waals surface area contributed by atoms with E-state index in [4.69, 9.17) is 21.0 Å². The lowest BCUT2D eigenvalue weighted by molar-refractivity contribution is 0.468. The van der Waals surface area contributed by atoms with Crippen LogP contribution in [0.1, 0.15) is 65.2 Å². The average Bonchev–Trinajstić information content (AvgIpc) is 3.29. The van der Waals surface area contributed by atoms with Gasteiger partial charge in [-0.05, 0) is 29.5 Å². The summed E-state index contributed by atoms with van der Waals surface area (Å²) in [6, 6.07) is 1.93. The first-order valence-corrected chi connectivity index (χ1v) is 11.0. The molecule has 7 N–H and O–H groups in total. The number of aliphatic imine (C=N–C) groups is 2. The molecule has 0 saturated carbocycles. The van der Waals surface area contributed by atoms with E-state index >= 15 is 0 Å². The predicted octanol–water partition coefficient (Wildman–Crippen LogP) is 5.12. The summed E-state index contributed by atoms with van der Waals surface area (Å²) in [5.74, 6) is 1.19. The zero-order valence-corrected chi connectivity index (χ0v) is 19.2. The van der Waals surface area contributed by atoms with Gasteiger partial charge < -0.3 is 21.0 Å². The number of thiophene rings is 1. The lowest BCUT2D eigenvalue weighted by Crippen LogP contribution is -2.31. The minimum atomic E-state index is -0.00846. The molecule has 0 bridgehead atoms. The standard InChI is InChI=1S/C14H19N5O2S2.C3H8.C2H6/c1-7(2)8-3-9(21-5-8)4-18-12(15)13(16)19-10-6-22-14(23-17)11(10)20;1-3-2;1-2/h3,5-7,20H,4,17H2,1-2H3,(H2,15,18)(H2,16,19);3H2,1-2H3;1-2H3. The average molecular weight is 428 g/mol. The fourth-order valence-corrected chi connectivity index (χ4v) is 2.88. The van der Waals surface area contributed by atoms with Gasteiger partial charge >= 0.3 is 0 Å². The third-order valence-corrected chi connectivity index (χ3v) is 4.80. The Morgan fingerprint density at radius 3 is 2.32 bits per heavy atom. The molecule has 2 aromatic rings. The van der Waals surface area contributed by atoms with Crippen molar-refractivity contribution >= 4 is 40.6 Å². The second kappa shape index (κ2) is 14.1. The largest absolute Gasteiger partial charge is 0.504 e. The van der Waals surface area contributed by atoms with Crippen LogP contribution in [-0.2, 0) is 6.54 Å². The molecule has 7 nitrogen and oxygen atoms in total. The summed E-state index contributed by atoms with van der Waals surface area (Å²) >= 11 is 2.22. The van der Waals surface area contributed by atoms with Crippen LogP contribution in [0.3, 0.4) is 0 Å². The highest BCUT2D eigenvalue weighted by atomic mass is 32.2. The Morgan fingerprint density at radius 2 is 1.86 bits per heavy atom. The Labute approximate surface area is 176 Å². The van der Waals surface area contributed by atoms with Gasteiger partial charge in [-0.1, -0.05) is 48.0 Å². The van der Waals surface area contributed by atoms with E-state index in [9.17, 15) is 5.11 Å². The van der Waals surface area contributed by atoms with E-state index in [1.54, 1.807) is 11.6 Å². The van der Waals surface area contributed by atoms with Crippen LogP contribution in [0.15, 0.2) is 36.3 Å². The lowest BCUT2D eigenvalue weighted by atomic mass is 10.1. The molecule has 0 amide bonds. The molecule has 0 aromatic carbocycles. The highest BCUT2D eigenvalue weighted by molar-refractivity contribution is 7.99. The molecule has 9 heteroatoms. The minimum Gasteiger partial charge on any atom is -0.504 e. The molecular formula is C19H33N5O2S2. The van der Waals surface area contributed by atoms with E-state index in [2.05, 4.69) is 37.7 Å². The summed E-state index contributed by atoms with van der Waals surface area (Å²) in [7, 11) is 0. The van der Waals surface area contributed by atoms with Gasteiger partial charge in [-0.2, -0.15) is 0 Å². The normalized spacial score (nSPS) is 11.6. The van der Waals surface area contributed by atoms with Crippen molar-refractivity contribution in [3.8, 4) is 5.75 Å². The number of hydrogen-bond acceptors (Lipinski definition) is 7. The van der Waals surface area contributed by atoms with E-state index in [1.807, 2.05) is 19.9 Å². The number of rotatable bonds is 5. The maximum Gasteiger partial charge on any atom is 0.167 e. The van der Waals surface area contributed by atoms with Gasteiger partial charge in [-0.3, -0.25) is 10.1 Å². The molecule has 0 aliphatic carbocycles. The van der Waals surface area contributed by atoms with Crippen molar-refractivity contribution < 1.29 is 9.52 Å². The third-order valence-electron chi connectivity index (χ3n) is 3.07. The summed E-state index contributed by atoms with van der Waals surface area (Å²) < 4.78 is 5.97. The first-order chi connectivity index (χ1) is 13.3. The van der Waals surface area contributed by atoms with Crippen LogP contribution >= 0.6 is 23.3 Å². The van der Waals surface area contributed by atoms with Crippen LogP contribution in [-0.4, -0.2) is 16.8 Å². The van der Waals surface area contributed by atoms with Crippen LogP contribution in [0, 0.1) is 0 Å². The summed E-state index contributed by atoms with van der Waals surface area (Å²) in [6.07, 6.45) is 2.96. The summed E-state index contributed by atoms with van der Waals surface area (Å²) in [5.41, 5.74) is 13.0. The van der Waals surface area contributed by atoms with Gasteiger partial charge in [0.15, 0.2) is 17.4 Å². The number of nitrogens with zero attached hydrogens (tertiary/aromatic N) is 2. The van der Waals surface area contributed by atoms with Gasteiger partial charge in [0.05, 0.1) is 12.8 Å². The van der Waals surface area contributed by atoms with Crippen molar-refractivity contribution in [2.24, 2.45) is 26.6 Å². The quantitative estimate of drug-likeness (QED) is 0.297. The highest BCUT2D eigenvalue weighted by Crippen LogP contribution is 2.40. The molecular weight excluding hydrogens is 394 g/mol. The number of nitrogens with two attached hydrogens (primary N) is 3. The van der Waals surface area contributed by atoms with Crippen molar-refractivity contribution in [3.63, 3.8) is 0 Å². The second-order valence-electron chi connectivity index (χ2n) is 5.78. The maximum absolute atomic E-state index is 9.87. The van der Waals surface area contributed by atoms with Crippen molar-refractivity contribution in [2.45, 2.75) is 64.6 Å². The zero-order valence-electron chi connectivity index (χ0n) is 17.5. The lowest BCUT2D eigenvalue weighted by Gasteiger charge is -2.00. The Bertz CT molecular complexity index is 751. The van der Waals surface area contributed by atoms with Gasteiger partial charge in [0.2, 0.25) is 0 Å². The molecule has 0 saturated heterocycles. The van der Waals surface area contributed by atoms with E-state index in [-0.39, 0.29) is 24.0 Å². The van der Waals surface area contributed by atoms with Gasteiger partial charge in [-0.15, -0.1) is 11.3 Å². The first kappa shape index (κ1) is 26.0. The van der Waals surface area contributed by atoms with Gasteiger partial charge in [-0.25, -0.2) is 4.99 Å². The molecule has 2 heterocycles. The van der Waals surface area contributed by atoms with Gasteiger partial charge in [0.25, 0.3) is 0 Å². The fraction of sp³-hybridized carbons (Fsp3) is 0.474. The van der Waals surface area contributed by atoms with Gasteiger partial charge in [0, 0.05) is 5.38 Å². The highest BCUT2D eigenvalue weighted by Gasteiger charge is 2.11. The molecule has 0 unspecified atom stereocenters. The summed E-state index contributed by atoms with van der Waals surface area (Å²) in [5, 5.41) is 16.9. The molecule has 158 valence electrons. The number of hydrogen-bond donors (Lipinski definition) is 4. The van der Waals surface area contributed by atoms with Crippen molar-refractivity contribution in [3.05, 3.63) is 29.0 Å². The van der Waals surface area contributed by atoms with Crippen molar-refractivity contribution in [2.75, 3.05) is 0 Å². The Kier molecular flexibility index (Phi) is 13.1. The molecule has 2 aromatic heterocycles. The monoisotopic (exact) mass is 427 g/mol. The van der Waals surface area contributed by atoms with Crippen LogP contribution < -0.4 is 16.6 Å². The predicted molar refractivity (Wildman–Crippen MR) is 123 cm³/mol. The second-order valence-corrected chi connectivity index (χ2v) is 7.56. The van der Waals surface area contributed by atoms with E-state index in [1.165, 1.54) is 17.8 Å². The molecule has 0 aliphatic rings. The zero-order chi connectivity index (χ0) is 21.7. The smallest absolute Gasteiger partial charge is 0.167 e. The maximum atomic E-state index is 9.87. The topological polar surface area (TPSA) is 136 Å². The number of amidine groups is 2. The molecule has 0 radical (unpaired) electrons. The molecule has 0 spiro atoms. The molecule has 0 aliphatic heterocycles. The Hall–Kier alpha value is -1.97. The molecule has 0 atom stereocenters. The van der Waals surface area contributed by atoms with E-state index < -0.39 is 0 Å². The number of furan rings is 1.